The number of hydrogen-bond acceptors (Lipinski definition) is 6. The van der Waals surface area contributed by atoms with Crippen molar-refractivity contribution >= 4 is 28.3 Å². The molecule has 0 fully saturated rings. The van der Waals surface area contributed by atoms with Crippen LogP contribution in [0.25, 0.3) is 0 Å². The van der Waals surface area contributed by atoms with Crippen LogP contribution in [-0.2, 0) is 9.53 Å². The number of ether oxygens (including phenoxy) is 2. The first-order valence-electron chi connectivity index (χ1n) is 8.89. The van der Waals surface area contributed by atoms with E-state index in [4.69, 9.17) is 9.47 Å². The van der Waals surface area contributed by atoms with Crippen LogP contribution in [0.2, 0.25) is 0 Å². The van der Waals surface area contributed by atoms with Gasteiger partial charge in [-0.15, -0.1) is 0 Å². The van der Waals surface area contributed by atoms with E-state index in [0.29, 0.717) is 27.2 Å². The van der Waals surface area contributed by atoms with Crippen LogP contribution in [0.1, 0.15) is 39.3 Å². The van der Waals surface area contributed by atoms with Gasteiger partial charge in [0.1, 0.15) is 16.4 Å². The number of hydrogen-bond donors (Lipinski definition) is 1. The molecule has 4 rings (SSSR count). The zero-order chi connectivity index (χ0) is 19.7. The summed E-state index contributed by atoms with van der Waals surface area (Å²) >= 11 is 1.11. The highest BCUT2D eigenvalue weighted by Gasteiger charge is 2.33. The molecule has 3 aromatic rings. The standard InChI is InChI=1S/C21H18N2O4S/c1-3-26-20(25)18-12(2)22-21(28-18)23-19(24)17-13-8-4-6-10-15(13)27-16-11-7-5-9-14(16)17/h4-11,17H,3H2,1-2H3,(H,22,23,24). The van der Waals surface area contributed by atoms with Crippen molar-refractivity contribution in [3.05, 3.63) is 70.2 Å². The van der Waals surface area contributed by atoms with Gasteiger partial charge in [-0.25, -0.2) is 9.78 Å². The maximum atomic E-state index is 13.2. The normalized spacial score (nSPS) is 12.5. The van der Waals surface area contributed by atoms with E-state index in [1.165, 1.54) is 0 Å². The summed E-state index contributed by atoms with van der Waals surface area (Å²) in [7, 11) is 0. The van der Waals surface area contributed by atoms with E-state index in [-0.39, 0.29) is 12.5 Å². The number of thiazole rings is 1. The smallest absolute Gasteiger partial charge is 0.350 e. The number of benzene rings is 2. The first-order chi connectivity index (χ1) is 13.6. The Hall–Kier alpha value is -3.19. The van der Waals surface area contributed by atoms with Crippen molar-refractivity contribution in [1.29, 1.82) is 0 Å². The average molecular weight is 394 g/mol. The number of aromatic nitrogens is 1. The van der Waals surface area contributed by atoms with Crippen LogP contribution in [-0.4, -0.2) is 23.5 Å². The second-order valence-corrected chi connectivity index (χ2v) is 7.25. The Balaban J connectivity index is 1.66. The van der Waals surface area contributed by atoms with Gasteiger partial charge in [-0.1, -0.05) is 47.7 Å². The van der Waals surface area contributed by atoms with Crippen LogP contribution in [0.3, 0.4) is 0 Å². The van der Waals surface area contributed by atoms with Gasteiger partial charge in [-0.05, 0) is 26.0 Å². The van der Waals surface area contributed by atoms with Crippen molar-refractivity contribution in [2.75, 3.05) is 11.9 Å². The number of fused-ring (bicyclic) bond motifs is 2. The lowest BCUT2D eigenvalue weighted by molar-refractivity contribution is -0.116. The van der Waals surface area contributed by atoms with Gasteiger partial charge in [0, 0.05) is 11.1 Å². The molecule has 1 aliphatic rings. The molecule has 28 heavy (non-hydrogen) atoms. The molecule has 6 nitrogen and oxygen atoms in total. The van der Waals surface area contributed by atoms with E-state index in [0.717, 1.165) is 22.5 Å². The SMILES string of the molecule is CCOC(=O)c1sc(NC(=O)C2c3ccccc3Oc3ccccc32)nc1C. The molecule has 1 N–H and O–H groups in total. The Morgan fingerprint density at radius 2 is 1.71 bits per heavy atom. The van der Waals surface area contributed by atoms with Crippen molar-refractivity contribution in [2.24, 2.45) is 0 Å². The zero-order valence-corrected chi connectivity index (χ0v) is 16.2. The molecule has 2 heterocycles. The molecule has 7 heteroatoms. The summed E-state index contributed by atoms with van der Waals surface area (Å²) in [6, 6.07) is 15.0. The Labute approximate surface area is 166 Å². The fraction of sp³-hybridized carbons (Fsp3) is 0.190. The summed E-state index contributed by atoms with van der Waals surface area (Å²) in [5.74, 6) is 0.122. The quantitative estimate of drug-likeness (QED) is 0.659. The summed E-state index contributed by atoms with van der Waals surface area (Å²) in [5.41, 5.74) is 2.11. The third kappa shape index (κ3) is 3.25. The molecule has 1 amide bonds. The number of rotatable bonds is 4. The number of esters is 1. The lowest BCUT2D eigenvalue weighted by Gasteiger charge is -2.27. The minimum absolute atomic E-state index is 0.229. The number of para-hydroxylation sites is 2. The van der Waals surface area contributed by atoms with E-state index in [2.05, 4.69) is 10.3 Å². The van der Waals surface area contributed by atoms with E-state index in [9.17, 15) is 9.59 Å². The maximum Gasteiger partial charge on any atom is 0.350 e. The van der Waals surface area contributed by atoms with E-state index in [1.54, 1.807) is 13.8 Å². The summed E-state index contributed by atoms with van der Waals surface area (Å²) in [6.45, 7) is 3.75. The monoisotopic (exact) mass is 394 g/mol. The van der Waals surface area contributed by atoms with Crippen LogP contribution in [0.5, 0.6) is 11.5 Å². The fourth-order valence-electron chi connectivity index (χ4n) is 3.21. The van der Waals surface area contributed by atoms with Gasteiger partial charge in [0.15, 0.2) is 5.13 Å². The Kier molecular flexibility index (Phi) is 4.83. The summed E-state index contributed by atoms with van der Waals surface area (Å²) in [4.78, 5) is 29.9. The highest BCUT2D eigenvalue weighted by atomic mass is 32.1. The lowest BCUT2D eigenvalue weighted by atomic mass is 9.87. The third-order valence-electron chi connectivity index (χ3n) is 4.43. The lowest BCUT2D eigenvalue weighted by Crippen LogP contribution is -2.25. The van der Waals surface area contributed by atoms with Crippen LogP contribution in [0, 0.1) is 6.92 Å². The first-order valence-corrected chi connectivity index (χ1v) is 9.71. The number of amides is 1. The van der Waals surface area contributed by atoms with E-state index in [1.807, 2.05) is 48.5 Å². The largest absolute Gasteiger partial charge is 0.462 e. The number of carbonyl (C=O) groups is 2. The molecule has 1 aliphatic heterocycles. The summed E-state index contributed by atoms with van der Waals surface area (Å²) in [6.07, 6.45) is 0. The second-order valence-electron chi connectivity index (χ2n) is 6.25. The zero-order valence-electron chi connectivity index (χ0n) is 15.4. The van der Waals surface area contributed by atoms with Gasteiger partial charge in [0.25, 0.3) is 0 Å². The van der Waals surface area contributed by atoms with Gasteiger partial charge in [-0.3, -0.25) is 4.79 Å². The van der Waals surface area contributed by atoms with Crippen molar-refractivity contribution in [2.45, 2.75) is 19.8 Å². The molecule has 0 radical (unpaired) electrons. The molecule has 142 valence electrons. The molecule has 0 aliphatic carbocycles. The molecule has 0 bridgehead atoms. The van der Waals surface area contributed by atoms with E-state index >= 15 is 0 Å². The third-order valence-corrected chi connectivity index (χ3v) is 5.48. The highest BCUT2D eigenvalue weighted by molar-refractivity contribution is 7.17. The van der Waals surface area contributed by atoms with Gasteiger partial charge >= 0.3 is 5.97 Å². The number of nitrogens with zero attached hydrogens (tertiary/aromatic N) is 1. The molecule has 0 atom stereocenters. The molecule has 0 saturated heterocycles. The number of anilines is 1. The van der Waals surface area contributed by atoms with Crippen LogP contribution in [0.15, 0.2) is 48.5 Å². The topological polar surface area (TPSA) is 77.5 Å². The van der Waals surface area contributed by atoms with Gasteiger partial charge in [0.2, 0.25) is 5.91 Å². The predicted molar refractivity (Wildman–Crippen MR) is 106 cm³/mol. The van der Waals surface area contributed by atoms with Crippen LogP contribution in [0.4, 0.5) is 5.13 Å². The van der Waals surface area contributed by atoms with Crippen molar-refractivity contribution in [3.8, 4) is 11.5 Å². The van der Waals surface area contributed by atoms with E-state index < -0.39 is 11.9 Å². The number of nitrogens with one attached hydrogen (secondary N) is 1. The molecule has 2 aromatic carbocycles. The minimum atomic E-state index is -0.531. The molecular weight excluding hydrogens is 376 g/mol. The molecule has 0 spiro atoms. The summed E-state index contributed by atoms with van der Waals surface area (Å²) < 4.78 is 11.0. The average Bonchev–Trinajstić information content (AvgIpc) is 3.06. The van der Waals surface area contributed by atoms with Crippen molar-refractivity contribution < 1.29 is 19.1 Å². The summed E-state index contributed by atoms with van der Waals surface area (Å²) in [5, 5.41) is 3.22. The van der Waals surface area contributed by atoms with Crippen molar-refractivity contribution in [1.82, 2.24) is 4.98 Å². The first kappa shape index (κ1) is 18.2. The van der Waals surface area contributed by atoms with Gasteiger partial charge < -0.3 is 14.8 Å². The Morgan fingerprint density at radius 3 is 2.32 bits per heavy atom. The number of aryl methyl sites for hydroxylation is 1. The van der Waals surface area contributed by atoms with Crippen LogP contribution < -0.4 is 10.1 Å². The van der Waals surface area contributed by atoms with Gasteiger partial charge in [-0.2, -0.15) is 0 Å². The molecule has 0 unspecified atom stereocenters. The Bertz CT molecular complexity index is 1010. The molecule has 0 saturated carbocycles. The molecular formula is C21H18N2O4S. The van der Waals surface area contributed by atoms with Crippen LogP contribution >= 0.6 is 11.3 Å². The maximum absolute atomic E-state index is 13.2. The second kappa shape index (κ2) is 7.44. The molecule has 1 aromatic heterocycles. The fourth-order valence-corrected chi connectivity index (χ4v) is 4.07. The highest BCUT2D eigenvalue weighted by Crippen LogP contribution is 2.44. The predicted octanol–water partition coefficient (Wildman–Crippen LogP) is 4.50. The van der Waals surface area contributed by atoms with Gasteiger partial charge in [0.05, 0.1) is 18.2 Å². The Morgan fingerprint density at radius 1 is 1.11 bits per heavy atom. The minimum Gasteiger partial charge on any atom is -0.462 e. The number of carbonyl (C=O) groups excluding carboxylic acids is 2. The van der Waals surface area contributed by atoms with Crippen molar-refractivity contribution in [3.63, 3.8) is 0 Å².